The van der Waals surface area contributed by atoms with Crippen molar-refractivity contribution in [3.8, 4) is 5.75 Å². The Labute approximate surface area is 107 Å². The van der Waals surface area contributed by atoms with Gasteiger partial charge in [0, 0.05) is 16.9 Å². The molecule has 0 fully saturated rings. The summed E-state index contributed by atoms with van der Waals surface area (Å²) < 4.78 is 5.31. The van der Waals surface area contributed by atoms with Gasteiger partial charge in [0.05, 0.1) is 7.11 Å². The predicted molar refractivity (Wildman–Crippen MR) is 75.0 cm³/mol. The first-order valence-electron chi connectivity index (χ1n) is 5.63. The van der Waals surface area contributed by atoms with Crippen LogP contribution in [0, 0.1) is 11.3 Å². The highest BCUT2D eigenvalue weighted by molar-refractivity contribution is 7.98. The van der Waals surface area contributed by atoms with E-state index < -0.39 is 0 Å². The molecular formula is C13H20N2OS. The van der Waals surface area contributed by atoms with Crippen LogP contribution in [0.1, 0.15) is 25.0 Å². The van der Waals surface area contributed by atoms with Crippen LogP contribution in [0.4, 0.5) is 0 Å². The summed E-state index contributed by atoms with van der Waals surface area (Å²) in [5, 5.41) is 7.44. The molecule has 0 aromatic heterocycles. The van der Waals surface area contributed by atoms with Crippen molar-refractivity contribution < 1.29 is 4.74 Å². The Morgan fingerprint density at radius 1 is 1.47 bits per heavy atom. The van der Waals surface area contributed by atoms with Crippen LogP contribution in [0.15, 0.2) is 18.2 Å². The molecule has 3 nitrogen and oxygen atoms in total. The fraction of sp³-hybridized carbons (Fsp3) is 0.462. The number of nitrogen functional groups attached to an aromatic ring is 1. The minimum atomic E-state index is 0.0998. The van der Waals surface area contributed by atoms with Gasteiger partial charge in [0.2, 0.25) is 0 Å². The molecule has 0 radical (unpaired) electrons. The van der Waals surface area contributed by atoms with Crippen molar-refractivity contribution in [2.75, 3.05) is 12.9 Å². The van der Waals surface area contributed by atoms with Gasteiger partial charge in [0.25, 0.3) is 0 Å². The first kappa shape index (κ1) is 13.9. The van der Waals surface area contributed by atoms with Crippen LogP contribution in [0.2, 0.25) is 0 Å². The molecule has 0 aliphatic rings. The van der Waals surface area contributed by atoms with Gasteiger partial charge in [-0.1, -0.05) is 13.8 Å². The van der Waals surface area contributed by atoms with E-state index in [2.05, 4.69) is 13.8 Å². The van der Waals surface area contributed by atoms with Crippen LogP contribution < -0.4 is 10.5 Å². The molecule has 1 aromatic rings. The lowest BCUT2D eigenvalue weighted by Crippen LogP contribution is -2.11. The molecular weight excluding hydrogens is 232 g/mol. The fourth-order valence-corrected chi connectivity index (χ4v) is 2.50. The van der Waals surface area contributed by atoms with Crippen LogP contribution in [0.5, 0.6) is 5.75 Å². The number of nitrogens with two attached hydrogens (primary N) is 1. The molecule has 0 bridgehead atoms. The van der Waals surface area contributed by atoms with Gasteiger partial charge in [-0.25, -0.2) is 0 Å². The van der Waals surface area contributed by atoms with Gasteiger partial charge in [-0.15, -0.1) is 0 Å². The maximum Gasteiger partial charge on any atom is 0.122 e. The lowest BCUT2D eigenvalue weighted by Gasteiger charge is -2.11. The summed E-state index contributed by atoms with van der Waals surface area (Å²) in [5.41, 5.74) is 7.34. The Kier molecular flexibility index (Phi) is 5.35. The van der Waals surface area contributed by atoms with Crippen molar-refractivity contribution in [1.29, 1.82) is 5.41 Å². The summed E-state index contributed by atoms with van der Waals surface area (Å²) in [6, 6.07) is 5.63. The van der Waals surface area contributed by atoms with Crippen LogP contribution in [-0.4, -0.2) is 18.7 Å². The second-order valence-electron chi connectivity index (χ2n) is 4.35. The standard InChI is InChI=1S/C13H20N2OS/c1-9(2)7-17-8-11-6-10(13(14)15)4-5-12(11)16-3/h4-6,9H,7-8H2,1-3H3,(H3,14,15). The molecule has 0 unspecified atom stereocenters. The monoisotopic (exact) mass is 252 g/mol. The molecule has 0 aliphatic heterocycles. The third-order valence-electron chi connectivity index (χ3n) is 2.30. The van der Waals surface area contributed by atoms with Crippen molar-refractivity contribution in [1.82, 2.24) is 0 Å². The van der Waals surface area contributed by atoms with E-state index in [-0.39, 0.29) is 5.84 Å². The Balaban J connectivity index is 2.79. The van der Waals surface area contributed by atoms with Gasteiger partial charge in [0.15, 0.2) is 0 Å². The topological polar surface area (TPSA) is 59.1 Å². The van der Waals surface area contributed by atoms with Crippen LogP contribution in [0.25, 0.3) is 0 Å². The first-order valence-corrected chi connectivity index (χ1v) is 6.79. The zero-order chi connectivity index (χ0) is 12.8. The molecule has 0 saturated heterocycles. The molecule has 94 valence electrons. The number of nitrogens with one attached hydrogen (secondary N) is 1. The van der Waals surface area contributed by atoms with E-state index >= 15 is 0 Å². The highest BCUT2D eigenvalue weighted by Gasteiger charge is 2.06. The number of rotatable bonds is 6. The van der Waals surface area contributed by atoms with Gasteiger partial charge in [0.1, 0.15) is 11.6 Å². The number of methoxy groups -OCH3 is 1. The van der Waals surface area contributed by atoms with E-state index in [0.29, 0.717) is 5.92 Å². The summed E-state index contributed by atoms with van der Waals surface area (Å²) >= 11 is 1.87. The van der Waals surface area contributed by atoms with Crippen LogP contribution in [-0.2, 0) is 5.75 Å². The molecule has 0 amide bonds. The number of amidine groups is 1. The zero-order valence-electron chi connectivity index (χ0n) is 10.6. The Morgan fingerprint density at radius 3 is 2.71 bits per heavy atom. The van der Waals surface area contributed by atoms with E-state index in [4.69, 9.17) is 15.9 Å². The number of hydrogen-bond donors (Lipinski definition) is 2. The summed E-state index contributed by atoms with van der Waals surface area (Å²) in [4.78, 5) is 0. The maximum absolute atomic E-state index is 7.44. The molecule has 4 heteroatoms. The van der Waals surface area contributed by atoms with E-state index in [1.54, 1.807) is 7.11 Å². The molecule has 0 aliphatic carbocycles. The average molecular weight is 252 g/mol. The Morgan fingerprint density at radius 2 is 2.18 bits per heavy atom. The smallest absolute Gasteiger partial charge is 0.122 e. The molecule has 1 aromatic carbocycles. The average Bonchev–Trinajstić information content (AvgIpc) is 2.28. The normalized spacial score (nSPS) is 10.6. The number of benzene rings is 1. The summed E-state index contributed by atoms with van der Waals surface area (Å²) in [5.74, 6) is 3.66. The third kappa shape index (κ3) is 4.30. The lowest BCUT2D eigenvalue weighted by atomic mass is 10.1. The van der Waals surface area contributed by atoms with Crippen molar-refractivity contribution in [3.05, 3.63) is 29.3 Å². The summed E-state index contributed by atoms with van der Waals surface area (Å²) in [6.45, 7) is 4.41. The number of hydrogen-bond acceptors (Lipinski definition) is 3. The van der Waals surface area contributed by atoms with Gasteiger partial charge < -0.3 is 10.5 Å². The van der Waals surface area contributed by atoms with Crippen molar-refractivity contribution in [2.24, 2.45) is 11.7 Å². The Hall–Kier alpha value is -1.16. The van der Waals surface area contributed by atoms with Gasteiger partial charge in [-0.05, 0) is 29.9 Å². The third-order valence-corrected chi connectivity index (χ3v) is 3.72. The molecule has 3 N–H and O–H groups in total. The molecule has 1 rings (SSSR count). The number of ether oxygens (including phenoxy) is 1. The minimum absolute atomic E-state index is 0.0998. The predicted octanol–water partition coefficient (Wildman–Crippen LogP) is 2.87. The van der Waals surface area contributed by atoms with Crippen molar-refractivity contribution >= 4 is 17.6 Å². The summed E-state index contributed by atoms with van der Waals surface area (Å²) in [6.07, 6.45) is 0. The molecule has 0 atom stereocenters. The SMILES string of the molecule is COc1ccc(C(=N)N)cc1CSCC(C)C. The molecule has 17 heavy (non-hydrogen) atoms. The second kappa shape index (κ2) is 6.55. The maximum atomic E-state index is 7.44. The van der Waals surface area contributed by atoms with Gasteiger partial charge >= 0.3 is 0 Å². The van der Waals surface area contributed by atoms with Crippen LogP contribution in [0.3, 0.4) is 0 Å². The highest BCUT2D eigenvalue weighted by Crippen LogP contribution is 2.25. The summed E-state index contributed by atoms with van der Waals surface area (Å²) in [7, 11) is 1.67. The number of thioether (sulfide) groups is 1. The second-order valence-corrected chi connectivity index (χ2v) is 5.38. The first-order chi connectivity index (χ1) is 8.04. The van der Waals surface area contributed by atoms with E-state index in [0.717, 1.165) is 28.4 Å². The largest absolute Gasteiger partial charge is 0.496 e. The van der Waals surface area contributed by atoms with Crippen molar-refractivity contribution in [2.45, 2.75) is 19.6 Å². The zero-order valence-corrected chi connectivity index (χ0v) is 11.4. The van der Waals surface area contributed by atoms with E-state index in [1.807, 2.05) is 30.0 Å². The fourth-order valence-electron chi connectivity index (χ4n) is 1.46. The van der Waals surface area contributed by atoms with Crippen molar-refractivity contribution in [3.63, 3.8) is 0 Å². The van der Waals surface area contributed by atoms with E-state index in [9.17, 15) is 0 Å². The molecule has 0 saturated carbocycles. The molecule has 0 spiro atoms. The van der Waals surface area contributed by atoms with Gasteiger partial charge in [-0.2, -0.15) is 11.8 Å². The minimum Gasteiger partial charge on any atom is -0.496 e. The van der Waals surface area contributed by atoms with Gasteiger partial charge in [-0.3, -0.25) is 5.41 Å². The lowest BCUT2D eigenvalue weighted by molar-refractivity contribution is 0.411. The molecule has 0 heterocycles. The van der Waals surface area contributed by atoms with E-state index in [1.165, 1.54) is 0 Å². The Bertz CT molecular complexity index is 391. The van der Waals surface area contributed by atoms with Crippen LogP contribution >= 0.6 is 11.8 Å². The highest BCUT2D eigenvalue weighted by atomic mass is 32.2. The quantitative estimate of drug-likeness (QED) is 0.604.